The van der Waals surface area contributed by atoms with Crippen molar-refractivity contribution in [3.05, 3.63) is 24.3 Å². The third-order valence-corrected chi connectivity index (χ3v) is 2.81. The second-order valence-corrected chi connectivity index (χ2v) is 4.48. The Morgan fingerprint density at radius 3 is 1.82 bits per heavy atom. The molecule has 0 atom stereocenters. The quantitative estimate of drug-likeness (QED) is 0.258. The minimum absolute atomic E-state index is 0.746. The molecule has 0 aromatic heterocycles. The number of carbonyl (C=O) groups excluding carboxylic acids is 1. The van der Waals surface area contributed by atoms with Gasteiger partial charge in [0.05, 0.1) is 0 Å². The Morgan fingerprint density at radius 2 is 1.24 bits per heavy atom. The molecular formula is C16H28O. The zero-order chi connectivity index (χ0) is 12.6. The average Bonchev–Trinajstić information content (AvgIpc) is 2.35. The van der Waals surface area contributed by atoms with Gasteiger partial charge in [-0.25, -0.2) is 0 Å². The predicted molar refractivity (Wildman–Crippen MR) is 76.2 cm³/mol. The molecule has 0 saturated carbocycles. The maximum Gasteiger partial charge on any atom is 0.119 e. The zero-order valence-electron chi connectivity index (χ0n) is 11.4. The first-order valence-electron chi connectivity index (χ1n) is 7.17. The summed E-state index contributed by atoms with van der Waals surface area (Å²) in [4.78, 5) is 10.1. The van der Waals surface area contributed by atoms with Crippen molar-refractivity contribution in [3.8, 4) is 0 Å². The summed E-state index contributed by atoms with van der Waals surface area (Å²) in [7, 11) is 0. The van der Waals surface area contributed by atoms with Gasteiger partial charge in [0.2, 0.25) is 0 Å². The monoisotopic (exact) mass is 236 g/mol. The van der Waals surface area contributed by atoms with E-state index < -0.39 is 0 Å². The van der Waals surface area contributed by atoms with Crippen LogP contribution in [0.25, 0.3) is 0 Å². The summed E-state index contributed by atoms with van der Waals surface area (Å²) in [5.74, 6) is 0. The largest absolute Gasteiger partial charge is 0.303 e. The molecule has 0 bridgehead atoms. The summed E-state index contributed by atoms with van der Waals surface area (Å²) in [5.41, 5.74) is 0. The fourth-order valence-corrected chi connectivity index (χ4v) is 1.76. The van der Waals surface area contributed by atoms with Crippen LogP contribution in [-0.4, -0.2) is 6.29 Å². The van der Waals surface area contributed by atoms with Crippen LogP contribution in [0.1, 0.15) is 71.1 Å². The van der Waals surface area contributed by atoms with Gasteiger partial charge < -0.3 is 4.79 Å². The molecule has 17 heavy (non-hydrogen) atoms. The van der Waals surface area contributed by atoms with Crippen LogP contribution < -0.4 is 0 Å². The number of carbonyl (C=O) groups is 1. The van der Waals surface area contributed by atoms with E-state index in [9.17, 15) is 4.79 Å². The Hall–Kier alpha value is -0.850. The Kier molecular flexibility index (Phi) is 14.4. The molecule has 0 rings (SSSR count). The van der Waals surface area contributed by atoms with E-state index in [1.165, 1.54) is 44.9 Å². The Balaban J connectivity index is 3.05. The van der Waals surface area contributed by atoms with Crippen molar-refractivity contribution in [1.82, 2.24) is 0 Å². The highest BCUT2D eigenvalue weighted by Crippen LogP contribution is 2.09. The molecule has 0 aliphatic rings. The van der Waals surface area contributed by atoms with E-state index in [-0.39, 0.29) is 0 Å². The molecule has 0 aromatic rings. The summed E-state index contributed by atoms with van der Waals surface area (Å²) in [6.07, 6.45) is 21.8. The molecule has 0 radical (unpaired) electrons. The Morgan fingerprint density at radius 1 is 0.706 bits per heavy atom. The van der Waals surface area contributed by atoms with Crippen LogP contribution in [0.2, 0.25) is 0 Å². The van der Waals surface area contributed by atoms with Gasteiger partial charge in [-0.1, -0.05) is 63.3 Å². The molecule has 98 valence electrons. The minimum atomic E-state index is 0.746. The van der Waals surface area contributed by atoms with Gasteiger partial charge in [0.15, 0.2) is 0 Å². The summed E-state index contributed by atoms with van der Waals surface area (Å²) >= 11 is 0. The number of aldehydes is 1. The molecule has 1 nitrogen and oxygen atoms in total. The summed E-state index contributed by atoms with van der Waals surface area (Å²) in [6, 6.07) is 0. The smallest absolute Gasteiger partial charge is 0.119 e. The first-order valence-corrected chi connectivity index (χ1v) is 7.17. The third-order valence-electron chi connectivity index (χ3n) is 2.81. The molecule has 0 unspecified atom stereocenters. The molecule has 0 aliphatic carbocycles. The van der Waals surface area contributed by atoms with E-state index in [0.717, 1.165) is 25.5 Å². The first-order chi connectivity index (χ1) is 8.41. The molecular weight excluding hydrogens is 208 g/mol. The van der Waals surface area contributed by atoms with E-state index in [1.807, 2.05) is 0 Å². The lowest BCUT2D eigenvalue weighted by Crippen LogP contribution is -1.81. The number of unbranched alkanes of at least 4 members (excludes halogenated alkanes) is 8. The fraction of sp³-hybridized carbons (Fsp3) is 0.688. The zero-order valence-corrected chi connectivity index (χ0v) is 11.4. The predicted octanol–water partition coefficient (Wildman–Crippen LogP) is 5.22. The van der Waals surface area contributed by atoms with Crippen molar-refractivity contribution >= 4 is 6.29 Å². The van der Waals surface area contributed by atoms with Crippen molar-refractivity contribution in [2.75, 3.05) is 0 Å². The van der Waals surface area contributed by atoms with Gasteiger partial charge in [0.1, 0.15) is 6.29 Å². The van der Waals surface area contributed by atoms with Crippen molar-refractivity contribution in [2.45, 2.75) is 71.1 Å². The minimum Gasteiger partial charge on any atom is -0.303 e. The van der Waals surface area contributed by atoms with Crippen LogP contribution >= 0.6 is 0 Å². The number of hydrogen-bond acceptors (Lipinski definition) is 1. The normalized spacial score (nSPS) is 11.6. The first kappa shape index (κ1) is 16.1. The van der Waals surface area contributed by atoms with Crippen LogP contribution in [0.4, 0.5) is 0 Å². The Labute approximate surface area is 107 Å². The summed E-state index contributed by atoms with van der Waals surface area (Å²) in [5, 5.41) is 0. The van der Waals surface area contributed by atoms with Crippen LogP contribution in [-0.2, 0) is 4.79 Å². The van der Waals surface area contributed by atoms with Crippen molar-refractivity contribution in [3.63, 3.8) is 0 Å². The van der Waals surface area contributed by atoms with Crippen molar-refractivity contribution < 1.29 is 4.79 Å². The third kappa shape index (κ3) is 15.1. The van der Waals surface area contributed by atoms with E-state index in [0.29, 0.717) is 0 Å². The molecule has 0 spiro atoms. The van der Waals surface area contributed by atoms with Gasteiger partial charge in [-0.15, -0.1) is 0 Å². The van der Waals surface area contributed by atoms with Crippen LogP contribution in [0.5, 0.6) is 0 Å². The molecule has 1 heteroatoms. The molecule has 0 aliphatic heterocycles. The lowest BCUT2D eigenvalue weighted by molar-refractivity contribution is -0.107. The molecule has 0 saturated heterocycles. The van der Waals surface area contributed by atoms with Crippen LogP contribution in [0, 0.1) is 0 Å². The van der Waals surface area contributed by atoms with E-state index >= 15 is 0 Å². The van der Waals surface area contributed by atoms with Gasteiger partial charge in [-0.05, 0) is 25.7 Å². The van der Waals surface area contributed by atoms with Gasteiger partial charge in [0, 0.05) is 6.42 Å². The lowest BCUT2D eigenvalue weighted by Gasteiger charge is -1.99. The highest BCUT2D eigenvalue weighted by molar-refractivity contribution is 5.48. The summed E-state index contributed by atoms with van der Waals surface area (Å²) < 4.78 is 0. The van der Waals surface area contributed by atoms with Crippen molar-refractivity contribution in [2.24, 2.45) is 0 Å². The van der Waals surface area contributed by atoms with Gasteiger partial charge >= 0.3 is 0 Å². The molecule has 0 aromatic carbocycles. The second kappa shape index (κ2) is 15.1. The lowest BCUT2D eigenvalue weighted by atomic mass is 10.1. The molecule has 0 fully saturated rings. The van der Waals surface area contributed by atoms with Crippen LogP contribution in [0.15, 0.2) is 24.3 Å². The van der Waals surface area contributed by atoms with Gasteiger partial charge in [0.25, 0.3) is 0 Å². The SMILES string of the molecule is CC/C=C\C=C/CCCCCCCCCC=O. The molecule has 0 amide bonds. The number of allylic oxidation sites excluding steroid dienone is 4. The molecule has 0 heterocycles. The highest BCUT2D eigenvalue weighted by atomic mass is 16.1. The fourth-order valence-electron chi connectivity index (χ4n) is 1.76. The second-order valence-electron chi connectivity index (χ2n) is 4.48. The summed E-state index contributed by atoms with van der Waals surface area (Å²) in [6.45, 7) is 2.15. The maximum absolute atomic E-state index is 10.1. The number of rotatable bonds is 12. The molecule has 0 N–H and O–H groups in total. The van der Waals surface area contributed by atoms with Gasteiger partial charge in [-0.2, -0.15) is 0 Å². The van der Waals surface area contributed by atoms with E-state index in [2.05, 4.69) is 31.2 Å². The van der Waals surface area contributed by atoms with Gasteiger partial charge in [-0.3, -0.25) is 0 Å². The van der Waals surface area contributed by atoms with E-state index in [1.54, 1.807) is 0 Å². The maximum atomic E-state index is 10.1. The topological polar surface area (TPSA) is 17.1 Å². The highest BCUT2D eigenvalue weighted by Gasteiger charge is 1.90. The average molecular weight is 236 g/mol. The van der Waals surface area contributed by atoms with Crippen molar-refractivity contribution in [1.29, 1.82) is 0 Å². The van der Waals surface area contributed by atoms with E-state index in [4.69, 9.17) is 0 Å². The number of hydrogen-bond donors (Lipinski definition) is 0. The standard InChI is InChI=1S/C16H28O/c1-2-3-4-5-6-7-8-9-10-11-12-13-14-15-16-17/h3-6,16H,2,7-15H2,1H3/b4-3-,6-5-. The Bertz CT molecular complexity index is 204. The van der Waals surface area contributed by atoms with Crippen LogP contribution in [0.3, 0.4) is 0 Å².